The van der Waals surface area contributed by atoms with E-state index < -0.39 is 35.9 Å². The number of hydrogen-bond donors (Lipinski definition) is 3. The molecule has 166 valence electrons. The van der Waals surface area contributed by atoms with E-state index in [1.165, 1.54) is 12.4 Å². The Morgan fingerprint density at radius 3 is 2.88 bits per heavy atom. The number of β-lactam (4-membered cyclic amide) rings is 1. The zero-order valence-electron chi connectivity index (χ0n) is 16.0. The predicted octanol–water partition coefficient (Wildman–Crippen LogP) is 1.55. The Hall–Kier alpha value is -3.10. The molecule has 12 nitrogen and oxygen atoms in total. The Morgan fingerprint density at radius 2 is 2.25 bits per heavy atom. The van der Waals surface area contributed by atoms with Gasteiger partial charge in [0.2, 0.25) is 6.04 Å². The summed E-state index contributed by atoms with van der Waals surface area (Å²) in [5.74, 6) is -2.90. The van der Waals surface area contributed by atoms with Crippen LogP contribution in [0.25, 0.3) is 0 Å². The molecule has 0 spiro atoms. The third-order valence-electron chi connectivity index (χ3n) is 4.92. The highest BCUT2D eigenvalue weighted by Gasteiger charge is 2.54. The monoisotopic (exact) mass is 495 g/mol. The van der Waals surface area contributed by atoms with Gasteiger partial charge in [0, 0.05) is 33.7 Å². The molecule has 1 fully saturated rings. The van der Waals surface area contributed by atoms with Gasteiger partial charge in [0.05, 0.1) is 11.1 Å². The highest BCUT2D eigenvalue weighted by Crippen LogP contribution is 2.44. The summed E-state index contributed by atoms with van der Waals surface area (Å²) in [6.07, 6.45) is 3.77. The summed E-state index contributed by atoms with van der Waals surface area (Å²) < 4.78 is 3.80. The van der Waals surface area contributed by atoms with Crippen molar-refractivity contribution in [2.75, 3.05) is 5.73 Å². The molecule has 2 aliphatic heterocycles. The number of fused-ring (bicyclic) bond motifs is 1. The summed E-state index contributed by atoms with van der Waals surface area (Å²) >= 11 is 8.08. The number of nitrogens with one attached hydrogen (secondary N) is 1. The standard InChI is InChI=1S/C17H14ClN7O5S2/c18-6-3-4-20-5-9(6)31-8-2-1-7-10(15(27)25(7)12(8)16(28)29)21-14(26)11(23-30)13-22-17(19)32-24-13/h3-5,7,10-11H,1-2H2,(H,21,26)(H,28,29)(H2,19,22,24)/t7?,10-,11?/m0/s1. The minimum Gasteiger partial charge on any atom is -0.477 e. The van der Waals surface area contributed by atoms with Crippen LogP contribution in [0.4, 0.5) is 5.13 Å². The minimum absolute atomic E-state index is 0.0645. The molecule has 0 radical (unpaired) electrons. The summed E-state index contributed by atoms with van der Waals surface area (Å²) in [6, 6.07) is -1.56. The normalized spacial score (nSPS) is 20.9. The number of allylic oxidation sites excluding steroid dienone is 1. The zero-order valence-corrected chi connectivity index (χ0v) is 18.4. The van der Waals surface area contributed by atoms with Gasteiger partial charge in [0.25, 0.3) is 11.8 Å². The number of aromatic nitrogens is 3. The van der Waals surface area contributed by atoms with Gasteiger partial charge in [-0.25, -0.2) is 9.78 Å². The number of pyridine rings is 1. The van der Waals surface area contributed by atoms with Crippen LogP contribution in [0.3, 0.4) is 0 Å². The molecular formula is C17H14ClN7O5S2. The van der Waals surface area contributed by atoms with Gasteiger partial charge in [0.15, 0.2) is 11.0 Å². The Kier molecular flexibility index (Phi) is 6.08. The smallest absolute Gasteiger partial charge is 0.353 e. The van der Waals surface area contributed by atoms with Gasteiger partial charge in [-0.3, -0.25) is 19.5 Å². The van der Waals surface area contributed by atoms with Crippen molar-refractivity contribution >= 4 is 57.8 Å². The first kappa shape index (κ1) is 22.1. The first-order chi connectivity index (χ1) is 15.3. The van der Waals surface area contributed by atoms with Crippen LogP contribution in [0, 0.1) is 4.91 Å². The topological polar surface area (TPSA) is 181 Å². The molecule has 0 bridgehead atoms. The largest absolute Gasteiger partial charge is 0.477 e. The number of halogens is 1. The van der Waals surface area contributed by atoms with Crippen molar-refractivity contribution in [3.8, 4) is 0 Å². The molecule has 32 heavy (non-hydrogen) atoms. The maximum absolute atomic E-state index is 12.8. The molecular weight excluding hydrogens is 482 g/mol. The van der Waals surface area contributed by atoms with Gasteiger partial charge >= 0.3 is 5.97 Å². The molecule has 2 amide bonds. The molecule has 3 atom stereocenters. The highest BCUT2D eigenvalue weighted by atomic mass is 35.5. The predicted molar refractivity (Wildman–Crippen MR) is 114 cm³/mol. The van der Waals surface area contributed by atoms with Gasteiger partial charge in [0.1, 0.15) is 11.7 Å². The number of aliphatic carboxylic acids is 1. The van der Waals surface area contributed by atoms with E-state index in [0.717, 1.165) is 28.2 Å². The van der Waals surface area contributed by atoms with Crippen LogP contribution >= 0.6 is 34.9 Å². The molecule has 4 heterocycles. The van der Waals surface area contributed by atoms with Crippen LogP contribution in [0.15, 0.2) is 39.1 Å². The third kappa shape index (κ3) is 3.91. The summed E-state index contributed by atoms with van der Waals surface area (Å²) in [5, 5.41) is 15.4. The number of nitrogens with two attached hydrogens (primary N) is 1. The number of carboxylic acid groups (broad SMARTS) is 1. The molecule has 0 aromatic carbocycles. The number of carbonyl (C=O) groups is 3. The van der Waals surface area contributed by atoms with Gasteiger partial charge in [-0.1, -0.05) is 23.4 Å². The number of amides is 2. The lowest BCUT2D eigenvalue weighted by molar-refractivity contribution is -0.156. The van der Waals surface area contributed by atoms with Crippen LogP contribution < -0.4 is 11.1 Å². The van der Waals surface area contributed by atoms with Crippen LogP contribution in [-0.4, -0.2) is 54.2 Å². The van der Waals surface area contributed by atoms with Gasteiger partial charge in [-0.15, -0.1) is 4.91 Å². The SMILES string of the molecule is Nc1nc(C(N=O)C(=O)N[C@@H]2C(=O)N3C(C(=O)O)=C(Sc4cnccc4Cl)CCC23)ns1. The summed E-state index contributed by atoms with van der Waals surface area (Å²) in [6.45, 7) is 0. The molecule has 1 saturated heterocycles. The summed E-state index contributed by atoms with van der Waals surface area (Å²) in [4.78, 5) is 58.3. The molecule has 4 N–H and O–H groups in total. The van der Waals surface area contributed by atoms with Crippen LogP contribution in [-0.2, 0) is 14.4 Å². The molecule has 2 aromatic heterocycles. The fourth-order valence-corrected chi connectivity index (χ4v) is 5.23. The van der Waals surface area contributed by atoms with Crippen LogP contribution in [0.1, 0.15) is 24.7 Å². The lowest BCUT2D eigenvalue weighted by Gasteiger charge is -2.50. The molecule has 0 aliphatic carbocycles. The Balaban J connectivity index is 1.53. The van der Waals surface area contributed by atoms with Crippen molar-refractivity contribution < 1.29 is 19.5 Å². The van der Waals surface area contributed by atoms with E-state index in [0.29, 0.717) is 27.7 Å². The van der Waals surface area contributed by atoms with E-state index in [9.17, 15) is 24.4 Å². The number of thioether (sulfide) groups is 1. The average molecular weight is 496 g/mol. The van der Waals surface area contributed by atoms with Crippen molar-refractivity contribution in [3.63, 3.8) is 0 Å². The number of nitrogens with zero attached hydrogens (tertiary/aromatic N) is 5. The molecule has 15 heteroatoms. The number of carboxylic acids is 1. The third-order valence-corrected chi connectivity index (χ3v) is 7.10. The number of anilines is 1. The van der Waals surface area contributed by atoms with E-state index in [1.807, 2.05) is 0 Å². The zero-order chi connectivity index (χ0) is 23.0. The van der Waals surface area contributed by atoms with Crippen LogP contribution in [0.2, 0.25) is 5.02 Å². The Bertz CT molecular complexity index is 1160. The summed E-state index contributed by atoms with van der Waals surface area (Å²) in [7, 11) is 0. The maximum Gasteiger partial charge on any atom is 0.353 e. The van der Waals surface area contributed by atoms with Gasteiger partial charge in [-0.05, 0) is 24.1 Å². The van der Waals surface area contributed by atoms with E-state index in [1.54, 1.807) is 6.07 Å². The van der Waals surface area contributed by atoms with E-state index >= 15 is 0 Å². The lowest BCUT2D eigenvalue weighted by Crippen LogP contribution is -2.71. The van der Waals surface area contributed by atoms with Crippen molar-refractivity contribution in [3.05, 3.63) is 44.8 Å². The molecule has 0 saturated carbocycles. The molecule has 2 unspecified atom stereocenters. The van der Waals surface area contributed by atoms with E-state index in [-0.39, 0.29) is 16.7 Å². The highest BCUT2D eigenvalue weighted by molar-refractivity contribution is 8.03. The molecule has 4 rings (SSSR count). The summed E-state index contributed by atoms with van der Waals surface area (Å²) in [5.41, 5.74) is 5.31. The minimum atomic E-state index is -1.57. The van der Waals surface area contributed by atoms with Crippen molar-refractivity contribution in [1.82, 2.24) is 24.6 Å². The maximum atomic E-state index is 12.8. The lowest BCUT2D eigenvalue weighted by atomic mass is 9.86. The quantitative estimate of drug-likeness (QED) is 0.376. The number of rotatable bonds is 7. The van der Waals surface area contributed by atoms with E-state index in [4.69, 9.17) is 17.3 Å². The van der Waals surface area contributed by atoms with Crippen molar-refractivity contribution in [2.24, 2.45) is 5.18 Å². The molecule has 2 aromatic rings. The fraction of sp³-hybridized carbons (Fsp3) is 0.294. The second-order valence-corrected chi connectivity index (χ2v) is 9.11. The van der Waals surface area contributed by atoms with Gasteiger partial charge < -0.3 is 16.2 Å². The van der Waals surface area contributed by atoms with Gasteiger partial charge in [-0.2, -0.15) is 4.37 Å². The van der Waals surface area contributed by atoms with Crippen molar-refractivity contribution in [2.45, 2.75) is 35.9 Å². The number of hydrogen-bond acceptors (Lipinski definition) is 11. The Labute approximate surface area is 193 Å². The molecule has 2 aliphatic rings. The fourth-order valence-electron chi connectivity index (χ4n) is 3.50. The number of carbonyl (C=O) groups excluding carboxylic acids is 2. The number of nitroso groups, excluding NO2 is 1. The van der Waals surface area contributed by atoms with Crippen molar-refractivity contribution in [1.29, 1.82) is 0 Å². The second-order valence-electron chi connectivity index (χ2n) is 6.78. The number of nitrogen functional groups attached to an aromatic ring is 1. The van der Waals surface area contributed by atoms with E-state index in [2.05, 4.69) is 24.8 Å². The first-order valence-corrected chi connectivity index (χ1v) is 11.1. The second kappa shape index (κ2) is 8.80. The first-order valence-electron chi connectivity index (χ1n) is 9.10. The Morgan fingerprint density at radius 1 is 1.47 bits per heavy atom. The average Bonchev–Trinajstić information content (AvgIpc) is 3.19. The van der Waals surface area contributed by atoms with Crippen LogP contribution in [0.5, 0.6) is 0 Å².